The van der Waals surface area contributed by atoms with Crippen LogP contribution in [0.25, 0.3) is 11.6 Å². The van der Waals surface area contributed by atoms with Crippen LogP contribution in [0.15, 0.2) is 66.7 Å². The Labute approximate surface area is 274 Å². The molecule has 4 aromatic rings. The van der Waals surface area contributed by atoms with Crippen molar-refractivity contribution in [1.82, 2.24) is 20.3 Å². The molecule has 48 heavy (non-hydrogen) atoms. The van der Waals surface area contributed by atoms with E-state index in [4.69, 9.17) is 4.74 Å². The number of alkyl halides is 3. The third-order valence-corrected chi connectivity index (χ3v) is 8.31. The lowest BCUT2D eigenvalue weighted by molar-refractivity contribution is -0.137. The number of hydrazine groups is 1. The Balaban J connectivity index is 1.15. The molecule has 0 unspecified atom stereocenters. The number of hydrogen-bond acceptors (Lipinski definition) is 6. The van der Waals surface area contributed by atoms with Crippen molar-refractivity contribution >= 4 is 40.7 Å². The number of rotatable bonds is 7. The van der Waals surface area contributed by atoms with Gasteiger partial charge in [0.1, 0.15) is 11.5 Å². The second kappa shape index (κ2) is 13.0. The molecule has 2 aliphatic rings. The molecule has 0 radical (unpaired) electrons. The minimum absolute atomic E-state index is 0.135. The SMILES string of the molecule is Cc1[nH]c(C=C2C(=O)Nc3cc(Oc4cccc(NC(=O)c5cccc(C(F)(F)F)c5)c4)ccc32)c(C)c1C(=O)NN1CCN(C)CC1. The number of carbonyl (C=O) groups is 3. The van der Waals surface area contributed by atoms with E-state index in [1.165, 1.54) is 18.2 Å². The van der Waals surface area contributed by atoms with E-state index in [-0.39, 0.29) is 17.4 Å². The van der Waals surface area contributed by atoms with E-state index in [1.807, 2.05) is 25.9 Å². The van der Waals surface area contributed by atoms with E-state index in [9.17, 15) is 27.6 Å². The number of aromatic amines is 1. The molecule has 0 atom stereocenters. The number of H-pyrrole nitrogens is 1. The monoisotopic (exact) mass is 658 g/mol. The highest BCUT2D eigenvalue weighted by atomic mass is 19.4. The fourth-order valence-corrected chi connectivity index (χ4v) is 5.72. The molecule has 1 fully saturated rings. The van der Waals surface area contributed by atoms with Crippen LogP contribution in [0.3, 0.4) is 0 Å². The maximum Gasteiger partial charge on any atom is 0.416 e. The largest absolute Gasteiger partial charge is 0.457 e. The van der Waals surface area contributed by atoms with Gasteiger partial charge in [0.15, 0.2) is 0 Å². The molecule has 4 N–H and O–H groups in total. The number of amides is 3. The molecule has 1 aromatic heterocycles. The Morgan fingerprint density at radius 3 is 2.40 bits per heavy atom. The van der Waals surface area contributed by atoms with Gasteiger partial charge in [-0.15, -0.1) is 0 Å². The second-order valence-corrected chi connectivity index (χ2v) is 11.8. The van der Waals surface area contributed by atoms with E-state index in [2.05, 4.69) is 25.9 Å². The zero-order chi connectivity index (χ0) is 34.2. The van der Waals surface area contributed by atoms with Gasteiger partial charge in [-0.1, -0.05) is 12.1 Å². The Hall–Kier alpha value is -5.40. The lowest BCUT2D eigenvalue weighted by atomic mass is 10.0. The average Bonchev–Trinajstić information content (AvgIpc) is 3.50. The van der Waals surface area contributed by atoms with Crippen molar-refractivity contribution in [3.63, 3.8) is 0 Å². The molecule has 6 rings (SSSR count). The van der Waals surface area contributed by atoms with Gasteiger partial charge in [-0.2, -0.15) is 13.2 Å². The normalized spacial score (nSPS) is 16.0. The van der Waals surface area contributed by atoms with Crippen molar-refractivity contribution in [2.45, 2.75) is 20.0 Å². The van der Waals surface area contributed by atoms with E-state index < -0.39 is 17.6 Å². The summed E-state index contributed by atoms with van der Waals surface area (Å²) in [5, 5.41) is 7.37. The van der Waals surface area contributed by atoms with Gasteiger partial charge in [-0.25, -0.2) is 5.01 Å². The summed E-state index contributed by atoms with van der Waals surface area (Å²) in [5.41, 5.74) is 6.50. The molecule has 10 nitrogen and oxygen atoms in total. The second-order valence-electron chi connectivity index (χ2n) is 11.8. The quantitative estimate of drug-likeness (QED) is 0.179. The molecule has 1 saturated heterocycles. The van der Waals surface area contributed by atoms with E-state index in [1.54, 1.807) is 42.5 Å². The molecule has 3 heterocycles. The van der Waals surface area contributed by atoms with Gasteiger partial charge in [-0.3, -0.25) is 19.8 Å². The number of benzene rings is 3. The first kappa shape index (κ1) is 32.5. The molecule has 0 bridgehead atoms. The lowest BCUT2D eigenvalue weighted by Crippen LogP contribution is -2.52. The van der Waals surface area contributed by atoms with Gasteiger partial charge in [0, 0.05) is 66.5 Å². The summed E-state index contributed by atoms with van der Waals surface area (Å²) in [4.78, 5) is 44.3. The first-order chi connectivity index (χ1) is 22.9. The van der Waals surface area contributed by atoms with Gasteiger partial charge < -0.3 is 25.3 Å². The topological polar surface area (TPSA) is 119 Å². The number of aryl methyl sites for hydroxylation is 1. The van der Waals surface area contributed by atoms with Crippen molar-refractivity contribution < 1.29 is 32.3 Å². The minimum Gasteiger partial charge on any atom is -0.457 e. The summed E-state index contributed by atoms with van der Waals surface area (Å²) >= 11 is 0. The van der Waals surface area contributed by atoms with Crippen LogP contribution in [0.5, 0.6) is 11.5 Å². The molecule has 13 heteroatoms. The summed E-state index contributed by atoms with van der Waals surface area (Å²) in [6, 6.07) is 15.7. The third-order valence-electron chi connectivity index (χ3n) is 8.31. The standard InChI is InChI=1S/C35H33F3N6O4/c1-20-29(39-21(2)31(20)34(47)42-44-14-12-43(3)13-15-44)19-28-27-11-10-26(18-30(27)41-33(28)46)48-25-9-5-8-24(17-25)40-32(45)22-6-4-7-23(16-22)35(36,37)38/h4-11,16-19,39H,12-15H2,1-3H3,(H,40,45)(H,41,46)(H,42,47). The lowest BCUT2D eigenvalue weighted by Gasteiger charge is -2.32. The number of fused-ring (bicyclic) bond motifs is 1. The molecular formula is C35H33F3N6O4. The number of hydrogen-bond donors (Lipinski definition) is 4. The molecule has 3 aromatic carbocycles. The van der Waals surface area contributed by atoms with Gasteiger partial charge >= 0.3 is 6.18 Å². The predicted octanol–water partition coefficient (Wildman–Crippen LogP) is 6.08. The number of aromatic nitrogens is 1. The fraction of sp³-hybridized carbons (Fsp3) is 0.229. The first-order valence-electron chi connectivity index (χ1n) is 15.2. The Morgan fingerprint density at radius 1 is 0.917 bits per heavy atom. The Bertz CT molecular complexity index is 1940. The molecular weight excluding hydrogens is 625 g/mol. The molecule has 248 valence electrons. The first-order valence-corrected chi connectivity index (χ1v) is 15.2. The van der Waals surface area contributed by atoms with Crippen LogP contribution < -0.4 is 20.8 Å². The number of carbonyl (C=O) groups excluding carboxylic acids is 3. The number of piperazine rings is 1. The van der Waals surface area contributed by atoms with E-state index in [0.29, 0.717) is 51.0 Å². The van der Waals surface area contributed by atoms with Crippen LogP contribution in [0.1, 0.15) is 48.8 Å². The molecule has 0 saturated carbocycles. The smallest absolute Gasteiger partial charge is 0.416 e. The van der Waals surface area contributed by atoms with Crippen LogP contribution in [0.2, 0.25) is 0 Å². The van der Waals surface area contributed by atoms with E-state index >= 15 is 0 Å². The average molecular weight is 659 g/mol. The number of likely N-dealkylation sites (N-methyl/N-ethyl adjacent to an activating group) is 1. The number of ether oxygens (including phenoxy) is 1. The van der Waals surface area contributed by atoms with Crippen LogP contribution in [-0.2, 0) is 11.0 Å². The zero-order valence-electron chi connectivity index (χ0n) is 26.4. The highest BCUT2D eigenvalue weighted by molar-refractivity contribution is 6.35. The Kier molecular flexibility index (Phi) is 8.82. The summed E-state index contributed by atoms with van der Waals surface area (Å²) in [6.07, 6.45) is -2.84. The highest BCUT2D eigenvalue weighted by Gasteiger charge is 2.31. The fourth-order valence-electron chi connectivity index (χ4n) is 5.72. The number of halogens is 3. The molecule has 0 spiro atoms. The third kappa shape index (κ3) is 6.97. The molecule has 0 aliphatic carbocycles. The summed E-state index contributed by atoms with van der Waals surface area (Å²) in [5.74, 6) is -0.444. The zero-order valence-corrected chi connectivity index (χ0v) is 26.4. The predicted molar refractivity (Wildman–Crippen MR) is 176 cm³/mol. The maximum atomic E-state index is 13.2. The minimum atomic E-state index is -4.57. The molecule has 3 amide bonds. The Morgan fingerprint density at radius 2 is 1.65 bits per heavy atom. The summed E-state index contributed by atoms with van der Waals surface area (Å²) in [7, 11) is 2.05. The van der Waals surface area contributed by atoms with Crippen molar-refractivity contribution in [1.29, 1.82) is 0 Å². The van der Waals surface area contributed by atoms with Gasteiger partial charge in [0.05, 0.1) is 22.4 Å². The van der Waals surface area contributed by atoms with Crippen molar-refractivity contribution in [3.05, 3.63) is 106 Å². The van der Waals surface area contributed by atoms with Crippen molar-refractivity contribution in [2.75, 3.05) is 43.9 Å². The summed E-state index contributed by atoms with van der Waals surface area (Å²) in [6.45, 7) is 6.86. The van der Waals surface area contributed by atoms with Crippen LogP contribution in [0, 0.1) is 13.8 Å². The van der Waals surface area contributed by atoms with Crippen molar-refractivity contribution in [3.8, 4) is 11.5 Å². The number of nitrogens with zero attached hydrogens (tertiary/aromatic N) is 2. The van der Waals surface area contributed by atoms with Crippen LogP contribution >= 0.6 is 0 Å². The number of nitrogens with one attached hydrogen (secondary N) is 4. The van der Waals surface area contributed by atoms with Crippen LogP contribution in [0.4, 0.5) is 24.5 Å². The van der Waals surface area contributed by atoms with Crippen molar-refractivity contribution in [2.24, 2.45) is 0 Å². The highest BCUT2D eigenvalue weighted by Crippen LogP contribution is 2.38. The summed E-state index contributed by atoms with van der Waals surface area (Å²) < 4.78 is 45.2. The van der Waals surface area contributed by atoms with Crippen LogP contribution in [-0.4, -0.2) is 65.8 Å². The number of anilines is 2. The van der Waals surface area contributed by atoms with Gasteiger partial charge in [0.2, 0.25) is 0 Å². The van der Waals surface area contributed by atoms with Gasteiger partial charge in [-0.05, 0) is 75.0 Å². The maximum absolute atomic E-state index is 13.2. The van der Waals surface area contributed by atoms with E-state index in [0.717, 1.165) is 43.9 Å². The van der Waals surface area contributed by atoms with Gasteiger partial charge in [0.25, 0.3) is 17.7 Å². The molecule has 2 aliphatic heterocycles.